The topological polar surface area (TPSA) is 54.0 Å². The molecule has 0 heterocycles. The van der Waals surface area contributed by atoms with Gasteiger partial charge in [0.2, 0.25) is 0 Å². The number of likely N-dealkylation sites (N-methyl/N-ethyl adjacent to an activating group) is 1. The van der Waals surface area contributed by atoms with Crippen LogP contribution in [0.3, 0.4) is 0 Å². The molecule has 2 rings (SSSR count). The lowest BCUT2D eigenvalue weighted by Crippen LogP contribution is -2.50. The van der Waals surface area contributed by atoms with Crippen molar-refractivity contribution >= 4 is 5.69 Å². The molecule has 0 unspecified atom stereocenters. The van der Waals surface area contributed by atoms with E-state index in [0.717, 1.165) is 5.69 Å². The zero-order valence-electron chi connectivity index (χ0n) is 10.7. The minimum absolute atomic E-state index is 0.0400. The van der Waals surface area contributed by atoms with E-state index in [0.29, 0.717) is 0 Å². The first-order valence-electron chi connectivity index (χ1n) is 5.91. The van der Waals surface area contributed by atoms with E-state index in [-0.39, 0.29) is 6.04 Å². The van der Waals surface area contributed by atoms with Crippen LogP contribution < -0.4 is 5.73 Å². The zero-order chi connectivity index (χ0) is 13.0. The summed E-state index contributed by atoms with van der Waals surface area (Å²) in [6, 6.07) is 9.65. The van der Waals surface area contributed by atoms with Crippen molar-refractivity contribution in [3.8, 4) is 0 Å². The van der Waals surface area contributed by atoms with E-state index in [9.17, 15) is 0 Å². The van der Waals surface area contributed by atoms with Crippen molar-refractivity contribution < 1.29 is 0 Å². The van der Waals surface area contributed by atoms with Gasteiger partial charge in [-0.15, -0.1) is 0 Å². The second kappa shape index (κ2) is 5.25. The number of hydrogen-bond acceptors (Lipinski definition) is 4. The van der Waals surface area contributed by atoms with Crippen LogP contribution in [0.15, 0.2) is 64.9 Å². The van der Waals surface area contributed by atoms with Gasteiger partial charge in [-0.25, -0.2) is 0 Å². The summed E-state index contributed by atoms with van der Waals surface area (Å²) in [6.07, 6.45) is 7.82. The molecule has 1 aliphatic carbocycles. The minimum atomic E-state index is -0.515. The van der Waals surface area contributed by atoms with Crippen LogP contribution in [0.5, 0.6) is 0 Å². The summed E-state index contributed by atoms with van der Waals surface area (Å²) < 4.78 is 0. The molecule has 18 heavy (non-hydrogen) atoms. The number of rotatable bonds is 3. The summed E-state index contributed by atoms with van der Waals surface area (Å²) in [4.78, 5) is 1.95. The molecule has 94 valence electrons. The van der Waals surface area contributed by atoms with Crippen molar-refractivity contribution in [1.29, 1.82) is 0 Å². The smallest absolute Gasteiger partial charge is 0.108 e. The molecule has 4 nitrogen and oxygen atoms in total. The zero-order valence-corrected chi connectivity index (χ0v) is 10.7. The van der Waals surface area contributed by atoms with E-state index < -0.39 is 5.66 Å². The lowest BCUT2D eigenvalue weighted by Gasteiger charge is -2.32. The Balaban J connectivity index is 2.03. The van der Waals surface area contributed by atoms with Gasteiger partial charge in [0.1, 0.15) is 11.7 Å². The predicted molar refractivity (Wildman–Crippen MR) is 73.6 cm³/mol. The molecule has 0 saturated heterocycles. The van der Waals surface area contributed by atoms with E-state index >= 15 is 0 Å². The van der Waals surface area contributed by atoms with Crippen molar-refractivity contribution in [2.45, 2.75) is 11.7 Å². The lowest BCUT2D eigenvalue weighted by atomic mass is 10.0. The summed E-state index contributed by atoms with van der Waals surface area (Å²) in [5, 5.41) is 8.45. The molecule has 0 aromatic heterocycles. The third kappa shape index (κ3) is 2.91. The standard InChI is InChI=1S/C14H18N4/c1-18(2)14(15)10-8-13(9-11-14)17-16-12-6-4-3-5-7-12/h3-11,13H,15H2,1-2H3. The molecule has 0 aliphatic heterocycles. The molecular formula is C14H18N4. The summed E-state index contributed by atoms with van der Waals surface area (Å²) in [6.45, 7) is 0. The minimum Gasteiger partial charge on any atom is -0.307 e. The van der Waals surface area contributed by atoms with Crippen molar-refractivity contribution in [1.82, 2.24) is 4.90 Å². The van der Waals surface area contributed by atoms with Crippen LogP contribution in [0.2, 0.25) is 0 Å². The molecule has 0 fully saturated rings. The van der Waals surface area contributed by atoms with Gasteiger partial charge in [0.15, 0.2) is 0 Å². The molecule has 4 heteroatoms. The maximum absolute atomic E-state index is 6.15. The molecule has 2 N–H and O–H groups in total. The molecule has 0 spiro atoms. The number of azo groups is 1. The van der Waals surface area contributed by atoms with Crippen LogP contribution in [-0.4, -0.2) is 30.7 Å². The highest BCUT2D eigenvalue weighted by Crippen LogP contribution is 2.18. The molecule has 1 aliphatic rings. The number of nitrogens with zero attached hydrogens (tertiary/aromatic N) is 3. The predicted octanol–water partition coefficient (Wildman–Crippen LogP) is 2.48. The molecule has 0 saturated carbocycles. The first kappa shape index (κ1) is 12.7. The highest BCUT2D eigenvalue weighted by atomic mass is 15.2. The van der Waals surface area contributed by atoms with Gasteiger partial charge in [0.25, 0.3) is 0 Å². The van der Waals surface area contributed by atoms with Crippen molar-refractivity contribution in [2.24, 2.45) is 16.0 Å². The number of nitrogens with two attached hydrogens (primary N) is 1. The molecule has 0 amide bonds. The maximum Gasteiger partial charge on any atom is 0.108 e. The van der Waals surface area contributed by atoms with Crippen LogP contribution in [-0.2, 0) is 0 Å². The van der Waals surface area contributed by atoms with Crippen LogP contribution in [0.4, 0.5) is 5.69 Å². The van der Waals surface area contributed by atoms with E-state index in [1.54, 1.807) is 0 Å². The van der Waals surface area contributed by atoms with Crippen LogP contribution >= 0.6 is 0 Å². The maximum atomic E-state index is 6.15. The highest BCUT2D eigenvalue weighted by Gasteiger charge is 2.23. The Morgan fingerprint density at radius 3 is 2.28 bits per heavy atom. The summed E-state index contributed by atoms with van der Waals surface area (Å²) in [5.74, 6) is 0. The summed E-state index contributed by atoms with van der Waals surface area (Å²) in [5.41, 5.74) is 6.49. The molecule has 1 aromatic carbocycles. The fourth-order valence-electron chi connectivity index (χ4n) is 1.63. The van der Waals surface area contributed by atoms with Crippen molar-refractivity contribution in [3.63, 3.8) is 0 Å². The summed E-state index contributed by atoms with van der Waals surface area (Å²) >= 11 is 0. The average molecular weight is 242 g/mol. The number of hydrogen-bond donors (Lipinski definition) is 1. The normalized spacial score (nSPS) is 27.2. The first-order valence-corrected chi connectivity index (χ1v) is 5.91. The van der Waals surface area contributed by atoms with Gasteiger partial charge < -0.3 is 5.73 Å². The van der Waals surface area contributed by atoms with Crippen LogP contribution in [0, 0.1) is 0 Å². The lowest BCUT2D eigenvalue weighted by molar-refractivity contribution is 0.267. The Labute approximate surface area is 108 Å². The number of benzene rings is 1. The van der Waals surface area contributed by atoms with Crippen LogP contribution in [0.1, 0.15) is 0 Å². The Morgan fingerprint density at radius 2 is 1.72 bits per heavy atom. The molecule has 0 radical (unpaired) electrons. The largest absolute Gasteiger partial charge is 0.307 e. The van der Waals surface area contributed by atoms with Gasteiger partial charge in [-0.3, -0.25) is 4.90 Å². The van der Waals surface area contributed by atoms with E-state index in [1.165, 1.54) is 0 Å². The van der Waals surface area contributed by atoms with Gasteiger partial charge in [-0.05, 0) is 38.4 Å². The molecule has 0 atom stereocenters. The Morgan fingerprint density at radius 1 is 1.11 bits per heavy atom. The molecule has 0 bridgehead atoms. The third-order valence-electron chi connectivity index (χ3n) is 2.96. The van der Waals surface area contributed by atoms with E-state index in [1.807, 2.05) is 73.6 Å². The van der Waals surface area contributed by atoms with Gasteiger partial charge in [-0.1, -0.05) is 30.4 Å². The SMILES string of the molecule is CN(C)C1(N)C=CC(N=Nc2ccccc2)C=C1. The summed E-state index contributed by atoms with van der Waals surface area (Å²) in [7, 11) is 3.89. The second-order valence-electron chi connectivity index (χ2n) is 4.54. The van der Waals surface area contributed by atoms with Crippen molar-refractivity contribution in [2.75, 3.05) is 14.1 Å². The van der Waals surface area contributed by atoms with E-state index in [2.05, 4.69) is 10.2 Å². The molecular weight excluding hydrogens is 224 g/mol. The third-order valence-corrected chi connectivity index (χ3v) is 2.96. The first-order chi connectivity index (χ1) is 8.60. The van der Waals surface area contributed by atoms with Gasteiger partial charge in [0.05, 0.1) is 5.69 Å². The van der Waals surface area contributed by atoms with Gasteiger partial charge in [0, 0.05) is 0 Å². The van der Waals surface area contributed by atoms with Gasteiger partial charge >= 0.3 is 0 Å². The van der Waals surface area contributed by atoms with Crippen molar-refractivity contribution in [3.05, 3.63) is 54.6 Å². The monoisotopic (exact) mass is 242 g/mol. The quantitative estimate of drug-likeness (QED) is 0.503. The fourth-order valence-corrected chi connectivity index (χ4v) is 1.63. The Bertz CT molecular complexity index is 460. The second-order valence-corrected chi connectivity index (χ2v) is 4.54. The van der Waals surface area contributed by atoms with Crippen LogP contribution in [0.25, 0.3) is 0 Å². The van der Waals surface area contributed by atoms with Gasteiger partial charge in [-0.2, -0.15) is 10.2 Å². The fraction of sp³-hybridized carbons (Fsp3) is 0.286. The Hall–Kier alpha value is -1.78. The average Bonchev–Trinajstić information content (AvgIpc) is 2.39. The van der Waals surface area contributed by atoms with E-state index in [4.69, 9.17) is 5.73 Å². The Kier molecular flexibility index (Phi) is 3.69. The highest BCUT2D eigenvalue weighted by molar-refractivity contribution is 5.35. The molecule has 1 aromatic rings.